The molecule has 0 atom stereocenters. The molecule has 1 rings (SSSR count). The summed E-state index contributed by atoms with van der Waals surface area (Å²) in [4.78, 5) is 0. The Hall–Kier alpha value is -0.120. The maximum Gasteiger partial charge on any atom is 0.0719 e. The first-order valence-electron chi connectivity index (χ1n) is 3.66. The van der Waals surface area contributed by atoms with Gasteiger partial charge in [-0.2, -0.15) is 0 Å². The van der Waals surface area contributed by atoms with Crippen molar-refractivity contribution >= 4 is 0 Å². The first-order valence-corrected chi connectivity index (χ1v) is 3.66. The highest BCUT2D eigenvalue weighted by atomic mass is 15.2. The summed E-state index contributed by atoms with van der Waals surface area (Å²) in [6, 6.07) is 1.42. The third-order valence-corrected chi connectivity index (χ3v) is 2.34. The van der Waals surface area contributed by atoms with Crippen LogP contribution in [-0.4, -0.2) is 26.8 Å². The molecule has 0 aromatic heterocycles. The summed E-state index contributed by atoms with van der Waals surface area (Å²) in [5.74, 6) is 0. The van der Waals surface area contributed by atoms with E-state index < -0.39 is 0 Å². The molecule has 0 bridgehead atoms. The molecule has 1 aliphatic rings. The normalized spacial score (nSPS) is 24.3. The topological polar surface area (TPSA) is 36.1 Å². The summed E-state index contributed by atoms with van der Waals surface area (Å²) in [5, 5.41) is 9.68. The van der Waals surface area contributed by atoms with Crippen LogP contribution < -0.4 is 16.0 Å². The van der Waals surface area contributed by atoms with E-state index in [0.29, 0.717) is 0 Å². The van der Waals surface area contributed by atoms with E-state index in [0.717, 1.165) is 12.8 Å². The fourth-order valence-corrected chi connectivity index (χ4v) is 1.33. The molecule has 3 heteroatoms. The fraction of sp³-hybridized carbons (Fsp3) is 0.857. The second-order valence-electron chi connectivity index (χ2n) is 2.79. The van der Waals surface area contributed by atoms with Crippen molar-refractivity contribution in [3.63, 3.8) is 0 Å². The van der Waals surface area contributed by atoms with E-state index in [1.165, 1.54) is 6.04 Å². The molecule has 3 nitrogen and oxygen atoms in total. The minimum absolute atomic E-state index is 0.179. The molecule has 1 radical (unpaired) electrons. The fourth-order valence-electron chi connectivity index (χ4n) is 1.33. The summed E-state index contributed by atoms with van der Waals surface area (Å²) in [6.45, 7) is 0. The molecule has 1 saturated carbocycles. The second-order valence-corrected chi connectivity index (χ2v) is 2.79. The zero-order valence-electron chi connectivity index (χ0n) is 6.91. The quantitative estimate of drug-likeness (QED) is 0.472. The molecule has 0 heterocycles. The Balaban J connectivity index is 2.31. The summed E-state index contributed by atoms with van der Waals surface area (Å²) < 4.78 is 0. The lowest BCUT2D eigenvalue weighted by atomic mass is 9.80. The van der Waals surface area contributed by atoms with Gasteiger partial charge in [-0.1, -0.05) is 0 Å². The number of rotatable bonds is 3. The van der Waals surface area contributed by atoms with Crippen molar-refractivity contribution in [2.24, 2.45) is 0 Å². The highest BCUT2D eigenvalue weighted by Crippen LogP contribution is 2.34. The Labute approximate surface area is 62.6 Å². The third kappa shape index (κ3) is 1.17. The smallest absolute Gasteiger partial charge is 0.0719 e. The lowest BCUT2D eigenvalue weighted by Gasteiger charge is -2.46. The van der Waals surface area contributed by atoms with Gasteiger partial charge in [0.2, 0.25) is 0 Å². The van der Waals surface area contributed by atoms with E-state index in [4.69, 9.17) is 0 Å². The van der Waals surface area contributed by atoms with Crippen LogP contribution in [0.1, 0.15) is 12.8 Å². The SMILES string of the molecule is CN[C]1CC(NC)(NC)C1. The molecule has 0 aromatic carbocycles. The van der Waals surface area contributed by atoms with Crippen molar-refractivity contribution in [3.05, 3.63) is 6.04 Å². The van der Waals surface area contributed by atoms with Gasteiger partial charge in [0.25, 0.3) is 0 Å². The van der Waals surface area contributed by atoms with Gasteiger partial charge in [-0.25, -0.2) is 0 Å². The van der Waals surface area contributed by atoms with E-state index in [1.807, 2.05) is 21.1 Å². The molecule has 0 aliphatic heterocycles. The highest BCUT2D eigenvalue weighted by molar-refractivity contribution is 5.12. The van der Waals surface area contributed by atoms with Crippen molar-refractivity contribution in [1.29, 1.82) is 0 Å². The molecule has 59 valence electrons. The van der Waals surface area contributed by atoms with Gasteiger partial charge in [0.05, 0.1) is 5.66 Å². The summed E-state index contributed by atoms with van der Waals surface area (Å²) in [7, 11) is 5.95. The lowest BCUT2D eigenvalue weighted by molar-refractivity contribution is 0.173. The number of nitrogens with one attached hydrogen (secondary N) is 3. The van der Waals surface area contributed by atoms with Crippen LogP contribution in [0.4, 0.5) is 0 Å². The molecular formula is C7H16N3. The van der Waals surface area contributed by atoms with Gasteiger partial charge in [-0.15, -0.1) is 0 Å². The van der Waals surface area contributed by atoms with Crippen molar-refractivity contribution in [1.82, 2.24) is 16.0 Å². The molecule has 0 unspecified atom stereocenters. The zero-order chi connectivity index (χ0) is 7.61. The van der Waals surface area contributed by atoms with Crippen LogP contribution in [0, 0.1) is 6.04 Å². The van der Waals surface area contributed by atoms with Gasteiger partial charge in [0, 0.05) is 6.04 Å². The van der Waals surface area contributed by atoms with Gasteiger partial charge >= 0.3 is 0 Å². The van der Waals surface area contributed by atoms with Gasteiger partial charge in [-0.05, 0) is 34.0 Å². The molecule has 0 spiro atoms. The van der Waals surface area contributed by atoms with E-state index in [1.54, 1.807) is 0 Å². The Kier molecular flexibility index (Phi) is 2.28. The van der Waals surface area contributed by atoms with E-state index in [-0.39, 0.29) is 5.66 Å². The van der Waals surface area contributed by atoms with Crippen LogP contribution in [0.25, 0.3) is 0 Å². The van der Waals surface area contributed by atoms with E-state index in [9.17, 15) is 0 Å². The van der Waals surface area contributed by atoms with Gasteiger partial charge < -0.3 is 16.0 Å². The first-order chi connectivity index (χ1) is 4.76. The Bertz CT molecular complexity index is 101. The van der Waals surface area contributed by atoms with Crippen LogP contribution >= 0.6 is 0 Å². The Morgan fingerprint density at radius 1 is 1.10 bits per heavy atom. The van der Waals surface area contributed by atoms with Crippen molar-refractivity contribution in [3.8, 4) is 0 Å². The van der Waals surface area contributed by atoms with Gasteiger partial charge in [0.1, 0.15) is 0 Å². The molecule has 10 heavy (non-hydrogen) atoms. The zero-order valence-corrected chi connectivity index (χ0v) is 6.91. The minimum Gasteiger partial charge on any atom is -0.312 e. The lowest BCUT2D eigenvalue weighted by Crippen LogP contribution is -2.63. The van der Waals surface area contributed by atoms with Crippen molar-refractivity contribution in [2.75, 3.05) is 21.1 Å². The summed E-state index contributed by atoms with van der Waals surface area (Å²) in [5.41, 5.74) is 0.179. The predicted molar refractivity (Wildman–Crippen MR) is 42.4 cm³/mol. The molecule has 1 fully saturated rings. The predicted octanol–water partition coefficient (Wildman–Crippen LogP) is -0.333. The third-order valence-electron chi connectivity index (χ3n) is 2.34. The molecule has 0 aromatic rings. The summed E-state index contributed by atoms with van der Waals surface area (Å²) in [6.07, 6.45) is 2.19. The molecule has 1 aliphatic carbocycles. The molecule has 3 N–H and O–H groups in total. The van der Waals surface area contributed by atoms with E-state index >= 15 is 0 Å². The molecule has 0 amide bonds. The Morgan fingerprint density at radius 2 is 1.60 bits per heavy atom. The van der Waals surface area contributed by atoms with Crippen molar-refractivity contribution < 1.29 is 0 Å². The number of hydrogen-bond donors (Lipinski definition) is 3. The maximum absolute atomic E-state index is 3.26. The number of hydrogen-bond acceptors (Lipinski definition) is 3. The highest BCUT2D eigenvalue weighted by Gasteiger charge is 2.41. The average Bonchev–Trinajstić information content (AvgIpc) is 1.89. The first kappa shape index (κ1) is 7.98. The average molecular weight is 142 g/mol. The van der Waals surface area contributed by atoms with Crippen LogP contribution in [-0.2, 0) is 0 Å². The standard InChI is InChI=1S/C7H16N3/c1-8-6-4-7(5-6,9-2)10-3/h8-10H,4-5H2,1-3H3. The van der Waals surface area contributed by atoms with Crippen LogP contribution in [0.15, 0.2) is 0 Å². The molecular weight excluding hydrogens is 126 g/mol. The minimum atomic E-state index is 0.179. The second kappa shape index (κ2) is 2.86. The van der Waals surface area contributed by atoms with Crippen molar-refractivity contribution in [2.45, 2.75) is 18.5 Å². The van der Waals surface area contributed by atoms with Crippen LogP contribution in [0.5, 0.6) is 0 Å². The molecule has 0 saturated heterocycles. The largest absolute Gasteiger partial charge is 0.312 e. The maximum atomic E-state index is 3.26. The monoisotopic (exact) mass is 142 g/mol. The van der Waals surface area contributed by atoms with E-state index in [2.05, 4.69) is 16.0 Å². The Morgan fingerprint density at radius 3 is 1.90 bits per heavy atom. The van der Waals surface area contributed by atoms with Crippen LogP contribution in [0.2, 0.25) is 0 Å². The van der Waals surface area contributed by atoms with Crippen LogP contribution in [0.3, 0.4) is 0 Å². The summed E-state index contributed by atoms with van der Waals surface area (Å²) >= 11 is 0. The van der Waals surface area contributed by atoms with Gasteiger partial charge in [-0.3, -0.25) is 0 Å². The van der Waals surface area contributed by atoms with Gasteiger partial charge in [0.15, 0.2) is 0 Å².